The van der Waals surface area contributed by atoms with Gasteiger partial charge in [0.1, 0.15) is 13.2 Å². The maximum absolute atomic E-state index is 10.5. The summed E-state index contributed by atoms with van der Waals surface area (Å²) in [6.07, 6.45) is 0. The molecule has 0 atom stereocenters. The Morgan fingerprint density at radius 1 is 1.08 bits per heavy atom. The van der Waals surface area contributed by atoms with E-state index in [0.717, 1.165) is 0 Å². The monoisotopic (exact) mass is 194 g/mol. The van der Waals surface area contributed by atoms with E-state index in [1.54, 1.807) is 0 Å². The molecule has 0 saturated carbocycles. The molecular weight excluding hydrogens is 180 g/mol. The standard InChI is InChI=1S/C7H14O6/c8-1-6(12)13-5-7(2-9,3-10)4-11/h8-11H,1-5H2. The number of carbonyl (C=O) groups excluding carboxylic acids is 1. The van der Waals surface area contributed by atoms with Crippen molar-refractivity contribution in [3.05, 3.63) is 0 Å². The average molecular weight is 194 g/mol. The summed E-state index contributed by atoms with van der Waals surface area (Å²) in [7, 11) is 0. The number of aliphatic hydroxyl groups excluding tert-OH is 4. The van der Waals surface area contributed by atoms with Crippen LogP contribution in [0.2, 0.25) is 0 Å². The van der Waals surface area contributed by atoms with Gasteiger partial charge in [0.15, 0.2) is 0 Å². The van der Waals surface area contributed by atoms with Gasteiger partial charge in [0.2, 0.25) is 0 Å². The van der Waals surface area contributed by atoms with E-state index < -0.39 is 37.8 Å². The first kappa shape index (κ1) is 12.3. The molecule has 0 aliphatic rings. The molecular formula is C7H14O6. The molecule has 0 aliphatic heterocycles. The van der Waals surface area contributed by atoms with Crippen molar-refractivity contribution in [2.45, 2.75) is 0 Å². The lowest BCUT2D eigenvalue weighted by Crippen LogP contribution is -2.39. The molecule has 0 rings (SSSR count). The number of ether oxygens (including phenoxy) is 1. The van der Waals surface area contributed by atoms with Gasteiger partial charge < -0.3 is 25.2 Å². The first-order valence-corrected chi connectivity index (χ1v) is 3.73. The average Bonchev–Trinajstić information content (AvgIpc) is 2.20. The van der Waals surface area contributed by atoms with Crippen molar-refractivity contribution in [1.82, 2.24) is 0 Å². The molecule has 0 aromatic carbocycles. The van der Waals surface area contributed by atoms with Crippen molar-refractivity contribution in [3.8, 4) is 0 Å². The summed E-state index contributed by atoms with van der Waals surface area (Å²) in [6, 6.07) is 0. The largest absolute Gasteiger partial charge is 0.463 e. The number of hydrogen-bond acceptors (Lipinski definition) is 6. The minimum absolute atomic E-state index is 0.324. The highest BCUT2D eigenvalue weighted by atomic mass is 16.5. The van der Waals surface area contributed by atoms with Crippen LogP contribution in [0.3, 0.4) is 0 Å². The fourth-order valence-corrected chi connectivity index (χ4v) is 0.566. The number of hydrogen-bond donors (Lipinski definition) is 4. The van der Waals surface area contributed by atoms with Crippen molar-refractivity contribution >= 4 is 5.97 Å². The zero-order valence-corrected chi connectivity index (χ0v) is 7.14. The van der Waals surface area contributed by atoms with E-state index in [1.807, 2.05) is 0 Å². The molecule has 13 heavy (non-hydrogen) atoms. The lowest BCUT2D eigenvalue weighted by atomic mass is 9.93. The van der Waals surface area contributed by atoms with Crippen molar-refractivity contribution in [2.24, 2.45) is 5.41 Å². The van der Waals surface area contributed by atoms with Crippen LogP contribution in [0.5, 0.6) is 0 Å². The fourth-order valence-electron chi connectivity index (χ4n) is 0.566. The van der Waals surface area contributed by atoms with Crippen LogP contribution in [0.1, 0.15) is 0 Å². The first-order chi connectivity index (χ1) is 6.14. The molecule has 0 aromatic heterocycles. The smallest absolute Gasteiger partial charge is 0.331 e. The molecule has 6 nitrogen and oxygen atoms in total. The van der Waals surface area contributed by atoms with E-state index in [4.69, 9.17) is 20.4 Å². The molecule has 78 valence electrons. The molecule has 0 aliphatic carbocycles. The molecule has 4 N–H and O–H groups in total. The maximum atomic E-state index is 10.5. The SMILES string of the molecule is O=C(CO)OCC(CO)(CO)CO. The Bertz CT molecular complexity index is 145. The molecule has 0 bridgehead atoms. The molecule has 0 radical (unpaired) electrons. The van der Waals surface area contributed by atoms with Gasteiger partial charge in [-0.3, -0.25) is 0 Å². The third kappa shape index (κ3) is 3.69. The molecule has 0 heterocycles. The topological polar surface area (TPSA) is 107 Å². The second-order valence-electron chi connectivity index (χ2n) is 2.79. The Morgan fingerprint density at radius 3 is 1.85 bits per heavy atom. The third-order valence-electron chi connectivity index (χ3n) is 1.67. The highest BCUT2D eigenvalue weighted by Gasteiger charge is 2.29. The van der Waals surface area contributed by atoms with Crippen molar-refractivity contribution < 1.29 is 30.0 Å². The van der Waals surface area contributed by atoms with Crippen LogP contribution >= 0.6 is 0 Å². The number of carbonyl (C=O) groups is 1. The normalized spacial score (nSPS) is 11.4. The minimum atomic E-state index is -1.23. The van der Waals surface area contributed by atoms with Gasteiger partial charge in [-0.2, -0.15) is 0 Å². The molecule has 0 aromatic rings. The molecule has 0 amide bonds. The molecule has 0 saturated heterocycles. The van der Waals surface area contributed by atoms with Crippen LogP contribution in [0.4, 0.5) is 0 Å². The summed E-state index contributed by atoms with van der Waals surface area (Å²) < 4.78 is 4.46. The number of rotatable bonds is 6. The van der Waals surface area contributed by atoms with Crippen LogP contribution in [0.25, 0.3) is 0 Å². The van der Waals surface area contributed by atoms with Gasteiger partial charge in [-0.15, -0.1) is 0 Å². The summed E-state index contributed by atoms with van der Waals surface area (Å²) >= 11 is 0. The zero-order valence-electron chi connectivity index (χ0n) is 7.14. The van der Waals surface area contributed by atoms with Crippen LogP contribution in [-0.2, 0) is 9.53 Å². The van der Waals surface area contributed by atoms with E-state index in [1.165, 1.54) is 0 Å². The van der Waals surface area contributed by atoms with Gasteiger partial charge in [0, 0.05) is 0 Å². The summed E-state index contributed by atoms with van der Waals surface area (Å²) in [5.41, 5.74) is -1.23. The number of esters is 1. The fraction of sp³-hybridized carbons (Fsp3) is 0.857. The van der Waals surface area contributed by atoms with Crippen LogP contribution in [0, 0.1) is 5.41 Å². The summed E-state index contributed by atoms with van der Waals surface area (Å²) in [5, 5.41) is 34.7. The summed E-state index contributed by atoms with van der Waals surface area (Å²) in [4.78, 5) is 10.5. The third-order valence-corrected chi connectivity index (χ3v) is 1.67. The van der Waals surface area contributed by atoms with Crippen LogP contribution in [-0.4, -0.2) is 59.4 Å². The molecule has 6 heteroatoms. The second kappa shape index (κ2) is 5.87. The highest BCUT2D eigenvalue weighted by Crippen LogP contribution is 2.14. The highest BCUT2D eigenvalue weighted by molar-refractivity contribution is 5.70. The molecule has 0 fully saturated rings. The predicted molar refractivity (Wildman–Crippen MR) is 41.7 cm³/mol. The predicted octanol–water partition coefficient (Wildman–Crippen LogP) is -2.51. The van der Waals surface area contributed by atoms with Gasteiger partial charge in [-0.25, -0.2) is 4.79 Å². The Kier molecular flexibility index (Phi) is 5.56. The van der Waals surface area contributed by atoms with Gasteiger partial charge >= 0.3 is 5.97 Å². The van der Waals surface area contributed by atoms with Gasteiger partial charge in [0.25, 0.3) is 0 Å². The van der Waals surface area contributed by atoms with E-state index in [2.05, 4.69) is 4.74 Å². The van der Waals surface area contributed by atoms with E-state index >= 15 is 0 Å². The minimum Gasteiger partial charge on any atom is -0.463 e. The van der Waals surface area contributed by atoms with E-state index in [0.29, 0.717) is 0 Å². The van der Waals surface area contributed by atoms with Crippen molar-refractivity contribution in [1.29, 1.82) is 0 Å². The zero-order chi connectivity index (χ0) is 10.3. The number of aliphatic hydroxyl groups is 4. The van der Waals surface area contributed by atoms with Crippen molar-refractivity contribution in [3.63, 3.8) is 0 Å². The quantitative estimate of drug-likeness (QED) is 0.348. The van der Waals surface area contributed by atoms with Gasteiger partial charge in [-0.1, -0.05) is 0 Å². The summed E-state index contributed by atoms with van der Waals surface area (Å²) in [5.74, 6) is -0.861. The Labute approximate surface area is 75.4 Å². The molecule has 0 unspecified atom stereocenters. The second-order valence-corrected chi connectivity index (χ2v) is 2.79. The van der Waals surface area contributed by atoms with Gasteiger partial charge in [-0.05, 0) is 0 Å². The first-order valence-electron chi connectivity index (χ1n) is 3.73. The van der Waals surface area contributed by atoms with Gasteiger partial charge in [0.05, 0.1) is 25.2 Å². The van der Waals surface area contributed by atoms with E-state index in [-0.39, 0.29) is 6.61 Å². The molecule has 0 spiro atoms. The lowest BCUT2D eigenvalue weighted by Gasteiger charge is -2.26. The lowest BCUT2D eigenvalue weighted by molar-refractivity contribution is -0.154. The summed E-state index contributed by atoms with van der Waals surface area (Å²) in [6.45, 7) is -2.59. The Balaban J connectivity index is 4.02. The van der Waals surface area contributed by atoms with E-state index in [9.17, 15) is 4.79 Å². The van der Waals surface area contributed by atoms with Crippen LogP contribution < -0.4 is 0 Å². The Hall–Kier alpha value is -0.690. The van der Waals surface area contributed by atoms with Crippen molar-refractivity contribution in [2.75, 3.05) is 33.0 Å². The van der Waals surface area contributed by atoms with Crippen LogP contribution in [0.15, 0.2) is 0 Å². The Morgan fingerprint density at radius 2 is 1.54 bits per heavy atom. The maximum Gasteiger partial charge on any atom is 0.331 e.